The summed E-state index contributed by atoms with van der Waals surface area (Å²) in [4.78, 5) is 27.7. The summed E-state index contributed by atoms with van der Waals surface area (Å²) in [6.07, 6.45) is 0.890. The van der Waals surface area contributed by atoms with Gasteiger partial charge in [-0.2, -0.15) is 0 Å². The second kappa shape index (κ2) is 6.99. The first-order chi connectivity index (χ1) is 11.2. The molecule has 0 aliphatic rings. The average Bonchev–Trinajstić information content (AvgIpc) is 2.48. The fourth-order valence-corrected chi connectivity index (χ4v) is 1.80. The van der Waals surface area contributed by atoms with Gasteiger partial charge in [0.15, 0.2) is 11.6 Å². The maximum Gasteiger partial charge on any atom is 0.412 e. The molecule has 0 bridgehead atoms. The van der Waals surface area contributed by atoms with Gasteiger partial charge in [0.2, 0.25) is 0 Å². The molecule has 2 amide bonds. The number of rotatable bonds is 3. The number of amides is 2. The van der Waals surface area contributed by atoms with Crippen LogP contribution < -0.4 is 10.6 Å². The molecule has 0 saturated carbocycles. The number of hydrogen-bond donors (Lipinski definition) is 3. The van der Waals surface area contributed by atoms with Gasteiger partial charge < -0.3 is 15.2 Å². The van der Waals surface area contributed by atoms with Gasteiger partial charge in [-0.1, -0.05) is 0 Å². The fraction of sp³-hybridized carbons (Fsp3) is 0.235. The number of ether oxygens (including phenoxy) is 1. The number of pyridine rings is 1. The van der Waals surface area contributed by atoms with Crippen LogP contribution in [-0.2, 0) is 4.74 Å². The van der Waals surface area contributed by atoms with Crippen LogP contribution in [0, 0.1) is 0 Å². The van der Waals surface area contributed by atoms with Crippen LogP contribution in [0.1, 0.15) is 31.1 Å². The molecule has 2 aromatic rings. The van der Waals surface area contributed by atoms with Crippen molar-refractivity contribution in [1.29, 1.82) is 0 Å². The van der Waals surface area contributed by atoms with E-state index in [0.717, 1.165) is 0 Å². The highest BCUT2D eigenvalue weighted by molar-refractivity contribution is 6.04. The third-order valence-electron chi connectivity index (χ3n) is 2.81. The summed E-state index contributed by atoms with van der Waals surface area (Å²) in [6.45, 7) is 5.31. The first-order valence-electron chi connectivity index (χ1n) is 7.30. The molecular formula is C17H19N3O4. The average molecular weight is 329 g/mol. The van der Waals surface area contributed by atoms with Crippen molar-refractivity contribution in [3.05, 3.63) is 48.2 Å². The van der Waals surface area contributed by atoms with E-state index >= 15 is 0 Å². The first-order valence-corrected chi connectivity index (χ1v) is 7.30. The Morgan fingerprint density at radius 3 is 2.33 bits per heavy atom. The molecule has 0 saturated heterocycles. The summed E-state index contributed by atoms with van der Waals surface area (Å²) >= 11 is 0. The number of nitrogens with zero attached hydrogens (tertiary/aromatic N) is 1. The van der Waals surface area contributed by atoms with Crippen molar-refractivity contribution in [2.24, 2.45) is 0 Å². The van der Waals surface area contributed by atoms with Crippen LogP contribution in [0.15, 0.2) is 42.6 Å². The Labute approximate surface area is 139 Å². The summed E-state index contributed by atoms with van der Waals surface area (Å²) < 4.78 is 5.15. The maximum absolute atomic E-state index is 12.1. The van der Waals surface area contributed by atoms with Gasteiger partial charge in [0.25, 0.3) is 5.91 Å². The summed E-state index contributed by atoms with van der Waals surface area (Å²) in [5.74, 6) is -0.458. The van der Waals surface area contributed by atoms with Gasteiger partial charge in [-0.15, -0.1) is 0 Å². The number of hydrogen-bond acceptors (Lipinski definition) is 5. The number of carbonyl (C=O) groups is 2. The van der Waals surface area contributed by atoms with Crippen LogP contribution in [0.3, 0.4) is 0 Å². The Kier molecular flexibility index (Phi) is 5.03. The zero-order valence-corrected chi connectivity index (χ0v) is 13.7. The standard InChI is InChI=1S/C17H19N3O4/c1-17(2,3)24-16(23)19-12-8-6-11(7-9-12)15(22)20-14-13(21)5-4-10-18-14/h4-10,21H,1-3H3,(H,19,23)(H,18,20,22). The second-order valence-corrected chi connectivity index (χ2v) is 6.03. The number of nitrogens with one attached hydrogen (secondary N) is 2. The van der Waals surface area contributed by atoms with Crippen molar-refractivity contribution in [3.8, 4) is 5.75 Å². The molecule has 0 aliphatic carbocycles. The lowest BCUT2D eigenvalue weighted by molar-refractivity contribution is 0.0636. The van der Waals surface area contributed by atoms with E-state index in [0.29, 0.717) is 11.3 Å². The molecule has 3 N–H and O–H groups in total. The van der Waals surface area contributed by atoms with Crippen LogP contribution in [0.5, 0.6) is 5.75 Å². The van der Waals surface area contributed by atoms with Crippen molar-refractivity contribution in [2.45, 2.75) is 26.4 Å². The molecule has 0 atom stereocenters. The van der Waals surface area contributed by atoms with Crippen LogP contribution in [0.4, 0.5) is 16.3 Å². The molecule has 0 radical (unpaired) electrons. The van der Waals surface area contributed by atoms with Gasteiger partial charge >= 0.3 is 6.09 Å². The van der Waals surface area contributed by atoms with E-state index < -0.39 is 17.6 Å². The Balaban J connectivity index is 2.00. The summed E-state index contributed by atoms with van der Waals surface area (Å²) in [5, 5.41) is 14.7. The van der Waals surface area contributed by atoms with Crippen molar-refractivity contribution in [2.75, 3.05) is 10.6 Å². The zero-order chi connectivity index (χ0) is 17.7. The molecule has 7 nitrogen and oxygen atoms in total. The van der Waals surface area contributed by atoms with Gasteiger partial charge in [0.05, 0.1) is 0 Å². The molecule has 0 fully saturated rings. The molecule has 24 heavy (non-hydrogen) atoms. The van der Waals surface area contributed by atoms with Crippen LogP contribution in [-0.4, -0.2) is 27.7 Å². The smallest absolute Gasteiger partial charge is 0.412 e. The van der Waals surface area contributed by atoms with Crippen LogP contribution >= 0.6 is 0 Å². The zero-order valence-electron chi connectivity index (χ0n) is 13.7. The summed E-state index contributed by atoms with van der Waals surface area (Å²) in [7, 11) is 0. The predicted molar refractivity (Wildman–Crippen MR) is 90.2 cm³/mol. The van der Waals surface area contributed by atoms with Gasteiger partial charge in [-0.05, 0) is 57.2 Å². The highest BCUT2D eigenvalue weighted by Gasteiger charge is 2.16. The first kappa shape index (κ1) is 17.3. The van der Waals surface area contributed by atoms with Crippen molar-refractivity contribution in [3.63, 3.8) is 0 Å². The highest BCUT2D eigenvalue weighted by Crippen LogP contribution is 2.19. The van der Waals surface area contributed by atoms with E-state index in [2.05, 4.69) is 15.6 Å². The molecule has 2 rings (SSSR count). The number of aromatic hydroxyl groups is 1. The highest BCUT2D eigenvalue weighted by atomic mass is 16.6. The molecule has 1 aromatic carbocycles. The SMILES string of the molecule is CC(C)(C)OC(=O)Nc1ccc(C(=O)Nc2ncccc2O)cc1. The normalized spacial score (nSPS) is 10.8. The Hall–Kier alpha value is -3.09. The minimum Gasteiger partial charge on any atom is -0.504 e. The molecule has 126 valence electrons. The minimum atomic E-state index is -0.589. The lowest BCUT2D eigenvalue weighted by Gasteiger charge is -2.19. The maximum atomic E-state index is 12.1. The third kappa shape index (κ3) is 4.98. The third-order valence-corrected chi connectivity index (χ3v) is 2.81. The second-order valence-electron chi connectivity index (χ2n) is 6.03. The van der Waals surface area contributed by atoms with Crippen LogP contribution in [0.25, 0.3) is 0 Å². The van der Waals surface area contributed by atoms with Gasteiger partial charge in [0.1, 0.15) is 5.60 Å². The molecule has 1 heterocycles. The van der Waals surface area contributed by atoms with Crippen molar-refractivity contribution < 1.29 is 19.4 Å². The minimum absolute atomic E-state index is 0.0819. The topological polar surface area (TPSA) is 101 Å². The molecule has 1 aromatic heterocycles. The molecular weight excluding hydrogens is 310 g/mol. The van der Waals surface area contributed by atoms with Gasteiger partial charge in [0, 0.05) is 17.4 Å². The number of benzene rings is 1. The van der Waals surface area contributed by atoms with E-state index in [1.54, 1.807) is 51.1 Å². The summed E-state index contributed by atoms with van der Waals surface area (Å²) in [6, 6.07) is 9.23. The molecule has 0 spiro atoms. The van der Waals surface area contributed by atoms with E-state index in [1.807, 2.05) is 0 Å². The number of anilines is 2. The Morgan fingerprint density at radius 2 is 1.75 bits per heavy atom. The number of aromatic nitrogens is 1. The molecule has 0 unspecified atom stereocenters. The quantitative estimate of drug-likeness (QED) is 0.801. The lowest BCUT2D eigenvalue weighted by Crippen LogP contribution is -2.27. The Bertz CT molecular complexity index is 736. The van der Waals surface area contributed by atoms with E-state index in [-0.39, 0.29) is 11.6 Å². The van der Waals surface area contributed by atoms with Crippen molar-refractivity contribution >= 4 is 23.5 Å². The lowest BCUT2D eigenvalue weighted by atomic mass is 10.2. The fourth-order valence-electron chi connectivity index (χ4n) is 1.80. The van der Waals surface area contributed by atoms with Crippen molar-refractivity contribution in [1.82, 2.24) is 4.98 Å². The molecule has 0 aliphatic heterocycles. The van der Waals surface area contributed by atoms with Crippen LogP contribution in [0.2, 0.25) is 0 Å². The predicted octanol–water partition coefficient (Wildman–Crippen LogP) is 3.39. The van der Waals surface area contributed by atoms with E-state index in [1.165, 1.54) is 12.3 Å². The molecule has 7 heteroatoms. The monoisotopic (exact) mass is 329 g/mol. The number of carbonyl (C=O) groups excluding carboxylic acids is 2. The van der Waals surface area contributed by atoms with E-state index in [9.17, 15) is 14.7 Å². The largest absolute Gasteiger partial charge is 0.504 e. The van der Waals surface area contributed by atoms with E-state index in [4.69, 9.17) is 4.74 Å². The Morgan fingerprint density at radius 1 is 1.08 bits per heavy atom. The van der Waals surface area contributed by atoms with Gasteiger partial charge in [-0.25, -0.2) is 9.78 Å². The summed E-state index contributed by atoms with van der Waals surface area (Å²) in [5.41, 5.74) is 0.269. The van der Waals surface area contributed by atoms with Gasteiger partial charge in [-0.3, -0.25) is 10.1 Å².